The topological polar surface area (TPSA) is 251 Å². The predicted octanol–water partition coefficient (Wildman–Crippen LogP) is 3.06. The number of nitrogens with zero attached hydrogens (tertiary/aromatic N) is 1. The van der Waals surface area contributed by atoms with Crippen LogP contribution in [0.2, 0.25) is 0 Å². The number of hydrogen-bond acceptors (Lipinski definition) is 8. The number of phenolic OH excluding ortho intramolecular Hbond substituents is 1. The van der Waals surface area contributed by atoms with Crippen molar-refractivity contribution in [2.24, 2.45) is 5.92 Å². The monoisotopic (exact) mass is 880 g/mol. The van der Waals surface area contributed by atoms with Crippen LogP contribution in [-0.2, 0) is 48.0 Å². The fraction of sp³-hybridized carbons (Fsp3) is 0.426. The number of rotatable bonds is 12. The van der Waals surface area contributed by atoms with E-state index in [0.29, 0.717) is 31.2 Å². The second kappa shape index (κ2) is 23.0. The van der Waals surface area contributed by atoms with Crippen LogP contribution in [0.15, 0.2) is 85.1 Å². The fourth-order valence-corrected chi connectivity index (χ4v) is 7.57. The standard InChI is InChI=1S/C47H60N8O9/c1-5-28(2)40-44(60)50-37(23-20-30-18-21-33(56)22-19-30)45(61)55(4)29(3)41(57)51-38(25-31-13-7-6-8-14-31)42(58)48-24-12-11-17-36(43(59)54-40)52-47(64)53-39(46(62)63)26-32-27-49-35-16-10-9-15-34(32)35/h6-10,13-16,18-19,21-22,27-29,36-40,49,56H,5,11-12,17,20,23-26H2,1-4H3,(H,48,58)(H,50,60)(H,51,57)(H,54,59)(H,62,63)(H2,52,53,64)/t28-,29-,36+,37-,38-,39?,40-/m0/s1. The molecule has 0 spiro atoms. The summed E-state index contributed by atoms with van der Waals surface area (Å²) in [6.07, 6.45) is 3.32. The maximum Gasteiger partial charge on any atom is 0.326 e. The zero-order chi connectivity index (χ0) is 46.3. The highest BCUT2D eigenvalue weighted by molar-refractivity contribution is 5.96. The largest absolute Gasteiger partial charge is 0.508 e. The second-order valence-corrected chi connectivity index (χ2v) is 16.4. The summed E-state index contributed by atoms with van der Waals surface area (Å²) in [5.41, 5.74) is 3.03. The van der Waals surface area contributed by atoms with E-state index in [4.69, 9.17) is 0 Å². The highest BCUT2D eigenvalue weighted by atomic mass is 16.4. The Balaban J connectivity index is 1.42. The summed E-state index contributed by atoms with van der Waals surface area (Å²) in [4.78, 5) is 101. The number of fused-ring (bicyclic) bond motifs is 1. The summed E-state index contributed by atoms with van der Waals surface area (Å²) in [5, 5.41) is 37.2. The number of phenols is 1. The number of H-pyrrole nitrogens is 1. The molecule has 5 rings (SSSR count). The summed E-state index contributed by atoms with van der Waals surface area (Å²) < 4.78 is 0. The van der Waals surface area contributed by atoms with Crippen molar-refractivity contribution >= 4 is 52.4 Å². The number of nitrogens with one attached hydrogen (secondary N) is 7. The molecule has 1 saturated heterocycles. The molecule has 1 aromatic heterocycles. The lowest BCUT2D eigenvalue weighted by Gasteiger charge is -2.32. The number of aliphatic carboxylic acids is 1. The number of carboxylic acid groups (broad SMARTS) is 1. The van der Waals surface area contributed by atoms with Crippen molar-refractivity contribution in [3.05, 3.63) is 102 Å². The summed E-state index contributed by atoms with van der Waals surface area (Å²) >= 11 is 0. The average Bonchev–Trinajstić information content (AvgIpc) is 3.70. The molecular formula is C47H60N8O9. The smallest absolute Gasteiger partial charge is 0.326 e. The van der Waals surface area contributed by atoms with Crippen LogP contribution in [0.25, 0.3) is 10.9 Å². The molecule has 1 fully saturated rings. The zero-order valence-corrected chi connectivity index (χ0v) is 36.7. The van der Waals surface area contributed by atoms with Crippen molar-refractivity contribution in [3.63, 3.8) is 0 Å². The lowest BCUT2D eigenvalue weighted by molar-refractivity contribution is -0.142. The van der Waals surface area contributed by atoms with E-state index >= 15 is 0 Å². The van der Waals surface area contributed by atoms with Crippen LogP contribution >= 0.6 is 0 Å². The van der Waals surface area contributed by atoms with E-state index in [1.54, 1.807) is 25.3 Å². The van der Waals surface area contributed by atoms with Gasteiger partial charge in [0, 0.05) is 43.5 Å². The lowest BCUT2D eigenvalue weighted by atomic mass is 9.96. The van der Waals surface area contributed by atoms with Crippen LogP contribution in [0.1, 0.15) is 69.6 Å². The molecular weight excluding hydrogens is 821 g/mol. The number of benzene rings is 3. The normalized spacial score (nSPS) is 21.8. The number of amides is 7. The first-order chi connectivity index (χ1) is 30.6. The third kappa shape index (κ3) is 13.3. The van der Waals surface area contributed by atoms with Gasteiger partial charge in [0.05, 0.1) is 0 Å². The van der Waals surface area contributed by atoms with Gasteiger partial charge in [-0.05, 0) is 79.8 Å². The number of aromatic nitrogens is 1. The molecule has 0 bridgehead atoms. The molecule has 1 aliphatic heterocycles. The SMILES string of the molecule is CC[C@H](C)[C@@H]1NC(=O)[C@H](NC(=O)NC(Cc2c[nH]c3ccccc23)C(=O)O)CCCCNC(=O)[C@H](Cc2ccccc2)NC(=O)[C@H](C)N(C)C(=O)[C@H](CCc2ccc(O)cc2)NC1=O. The van der Waals surface area contributed by atoms with E-state index in [1.165, 1.54) is 31.0 Å². The minimum Gasteiger partial charge on any atom is -0.508 e. The minimum absolute atomic E-state index is 0.0460. The van der Waals surface area contributed by atoms with Crippen LogP contribution in [0.3, 0.4) is 0 Å². The molecule has 3 aromatic carbocycles. The van der Waals surface area contributed by atoms with Crippen molar-refractivity contribution in [2.75, 3.05) is 13.6 Å². The van der Waals surface area contributed by atoms with E-state index in [1.807, 2.05) is 61.5 Å². The molecule has 64 heavy (non-hydrogen) atoms. The van der Waals surface area contributed by atoms with Crippen LogP contribution in [0.5, 0.6) is 5.75 Å². The molecule has 17 heteroatoms. The van der Waals surface area contributed by atoms with Crippen LogP contribution in [-0.4, -0.2) is 111 Å². The number of aromatic hydroxyl groups is 1. The number of aromatic amines is 1. The van der Waals surface area contributed by atoms with Gasteiger partial charge in [0.25, 0.3) is 0 Å². The van der Waals surface area contributed by atoms with Gasteiger partial charge in [-0.3, -0.25) is 24.0 Å². The van der Waals surface area contributed by atoms with Gasteiger partial charge < -0.3 is 52.0 Å². The molecule has 17 nitrogen and oxygen atoms in total. The Morgan fingerprint density at radius 2 is 1.52 bits per heavy atom. The lowest BCUT2D eigenvalue weighted by Crippen LogP contribution is -2.60. The van der Waals surface area contributed by atoms with Gasteiger partial charge in [0.1, 0.15) is 42.0 Å². The van der Waals surface area contributed by atoms with E-state index in [0.717, 1.165) is 22.0 Å². The number of urea groups is 1. The molecule has 7 atom stereocenters. The van der Waals surface area contributed by atoms with Gasteiger partial charge in [-0.2, -0.15) is 0 Å². The molecule has 1 unspecified atom stereocenters. The molecule has 7 amide bonds. The van der Waals surface area contributed by atoms with Gasteiger partial charge in [-0.15, -0.1) is 0 Å². The van der Waals surface area contributed by atoms with Gasteiger partial charge in [-0.1, -0.05) is 80.9 Å². The number of carbonyl (C=O) groups excluding carboxylic acids is 6. The number of hydrogen-bond donors (Lipinski definition) is 9. The van der Waals surface area contributed by atoms with Crippen molar-refractivity contribution < 1.29 is 43.8 Å². The second-order valence-electron chi connectivity index (χ2n) is 16.4. The molecule has 0 saturated carbocycles. The Labute approximate surface area is 372 Å². The van der Waals surface area contributed by atoms with Crippen molar-refractivity contribution in [3.8, 4) is 5.75 Å². The maximum atomic E-state index is 14.3. The predicted molar refractivity (Wildman–Crippen MR) is 240 cm³/mol. The Kier molecular flexibility index (Phi) is 17.3. The number of carboxylic acids is 1. The summed E-state index contributed by atoms with van der Waals surface area (Å²) in [5.74, 6) is -4.70. The highest BCUT2D eigenvalue weighted by Crippen LogP contribution is 2.20. The van der Waals surface area contributed by atoms with Gasteiger partial charge in [0.15, 0.2) is 0 Å². The Bertz CT molecular complexity index is 2250. The fourth-order valence-electron chi connectivity index (χ4n) is 7.57. The Morgan fingerprint density at radius 3 is 2.22 bits per heavy atom. The van der Waals surface area contributed by atoms with Crippen LogP contribution < -0.4 is 31.9 Å². The first-order valence-corrected chi connectivity index (χ1v) is 21.8. The summed E-state index contributed by atoms with van der Waals surface area (Å²) in [6, 6.07) is 14.9. The number of likely N-dealkylation sites (N-methyl/N-ethyl adjacent to an activating group) is 1. The van der Waals surface area contributed by atoms with Gasteiger partial charge >= 0.3 is 12.0 Å². The highest BCUT2D eigenvalue weighted by Gasteiger charge is 2.36. The summed E-state index contributed by atoms with van der Waals surface area (Å²) in [6.45, 7) is 5.28. The first-order valence-electron chi connectivity index (χ1n) is 21.8. The number of para-hydroxylation sites is 1. The van der Waals surface area contributed by atoms with E-state index in [9.17, 15) is 43.8 Å². The molecule has 4 aromatic rings. The summed E-state index contributed by atoms with van der Waals surface area (Å²) in [7, 11) is 1.44. The maximum absolute atomic E-state index is 14.3. The first kappa shape index (κ1) is 48.1. The van der Waals surface area contributed by atoms with Crippen LogP contribution in [0, 0.1) is 5.92 Å². The molecule has 1 aliphatic rings. The molecule has 2 heterocycles. The van der Waals surface area contributed by atoms with Crippen LogP contribution in [0.4, 0.5) is 4.79 Å². The van der Waals surface area contributed by atoms with Crippen molar-refractivity contribution in [2.45, 2.75) is 108 Å². The Morgan fingerprint density at radius 1 is 0.828 bits per heavy atom. The third-order valence-electron chi connectivity index (χ3n) is 11.8. The molecule has 9 N–H and O–H groups in total. The number of aryl methyl sites for hydroxylation is 1. The van der Waals surface area contributed by atoms with Gasteiger partial charge in [0.2, 0.25) is 29.5 Å². The Hall–Kier alpha value is -6.91. The third-order valence-corrected chi connectivity index (χ3v) is 11.8. The van der Waals surface area contributed by atoms with Gasteiger partial charge in [-0.25, -0.2) is 9.59 Å². The average molecular weight is 881 g/mol. The van der Waals surface area contributed by atoms with E-state index < -0.39 is 83.7 Å². The molecule has 342 valence electrons. The zero-order valence-electron chi connectivity index (χ0n) is 36.7. The van der Waals surface area contributed by atoms with Crippen molar-refractivity contribution in [1.29, 1.82) is 0 Å². The van der Waals surface area contributed by atoms with Crippen molar-refractivity contribution in [1.82, 2.24) is 41.8 Å². The number of carbonyl (C=O) groups is 7. The minimum atomic E-state index is -1.36. The molecule has 0 aliphatic carbocycles. The van der Waals surface area contributed by atoms with E-state index in [-0.39, 0.29) is 38.0 Å². The molecule has 0 radical (unpaired) electrons. The van der Waals surface area contributed by atoms with E-state index in [2.05, 4.69) is 36.9 Å². The quantitative estimate of drug-likeness (QED) is 0.101.